The summed E-state index contributed by atoms with van der Waals surface area (Å²) in [6.07, 6.45) is 1.81. The lowest BCUT2D eigenvalue weighted by Gasteiger charge is -2.11. The summed E-state index contributed by atoms with van der Waals surface area (Å²) in [6.45, 7) is 2.02. The van der Waals surface area contributed by atoms with Gasteiger partial charge >= 0.3 is 5.69 Å². The molecule has 33 heavy (non-hydrogen) atoms. The summed E-state index contributed by atoms with van der Waals surface area (Å²) in [5, 5.41) is 1.12. The molecule has 5 aromatic rings. The molecule has 0 saturated heterocycles. The fourth-order valence-corrected chi connectivity index (χ4v) is 4.35. The van der Waals surface area contributed by atoms with E-state index in [0.29, 0.717) is 38.4 Å². The molecular weight excluding hydrogens is 465 g/mol. The van der Waals surface area contributed by atoms with Crippen LogP contribution in [-0.4, -0.2) is 30.2 Å². The maximum atomic E-state index is 13.5. The van der Waals surface area contributed by atoms with Crippen LogP contribution in [0.1, 0.15) is 11.3 Å². The van der Waals surface area contributed by atoms with Crippen LogP contribution < -0.4 is 16.0 Å². The van der Waals surface area contributed by atoms with Crippen molar-refractivity contribution in [3.8, 4) is 11.4 Å². The van der Waals surface area contributed by atoms with E-state index in [1.165, 1.54) is 9.13 Å². The van der Waals surface area contributed by atoms with E-state index in [1.54, 1.807) is 61.0 Å². The summed E-state index contributed by atoms with van der Waals surface area (Å²) < 4.78 is 11.6. The van der Waals surface area contributed by atoms with Crippen molar-refractivity contribution in [2.24, 2.45) is 7.05 Å². The van der Waals surface area contributed by atoms with Crippen molar-refractivity contribution >= 4 is 40.1 Å². The third-order valence-corrected chi connectivity index (χ3v) is 6.15. The number of nitrogens with zero attached hydrogens (tertiary/aromatic N) is 5. The Labute approximate surface area is 197 Å². The van der Waals surface area contributed by atoms with Gasteiger partial charge in [0.05, 0.1) is 19.3 Å². The molecule has 2 aromatic carbocycles. The summed E-state index contributed by atoms with van der Waals surface area (Å²) in [4.78, 5) is 31.2. The Morgan fingerprint density at radius 1 is 1.03 bits per heavy atom. The number of methoxy groups -OCH3 is 1. The smallest absolute Gasteiger partial charge is 0.332 e. The van der Waals surface area contributed by atoms with Gasteiger partial charge in [0, 0.05) is 29.0 Å². The van der Waals surface area contributed by atoms with Crippen molar-refractivity contribution < 1.29 is 4.74 Å². The van der Waals surface area contributed by atoms with E-state index in [4.69, 9.17) is 27.9 Å². The zero-order chi connectivity index (χ0) is 23.4. The Morgan fingerprint density at radius 2 is 1.73 bits per heavy atom. The van der Waals surface area contributed by atoms with Gasteiger partial charge in [0.15, 0.2) is 11.2 Å². The first-order valence-electron chi connectivity index (χ1n) is 10.1. The highest BCUT2D eigenvalue weighted by Crippen LogP contribution is 2.30. The van der Waals surface area contributed by atoms with Gasteiger partial charge in [-0.05, 0) is 42.8 Å². The van der Waals surface area contributed by atoms with Crippen LogP contribution in [0.3, 0.4) is 0 Å². The van der Waals surface area contributed by atoms with E-state index >= 15 is 0 Å². The maximum absolute atomic E-state index is 13.5. The third kappa shape index (κ3) is 3.34. The number of rotatable bonds is 4. The van der Waals surface area contributed by atoms with Crippen molar-refractivity contribution in [2.45, 2.75) is 13.5 Å². The topological polar surface area (TPSA) is 75.5 Å². The van der Waals surface area contributed by atoms with E-state index in [1.807, 2.05) is 17.7 Å². The molecule has 0 radical (unpaired) electrons. The summed E-state index contributed by atoms with van der Waals surface area (Å²) in [5.74, 6) is 1.07. The van der Waals surface area contributed by atoms with Crippen LogP contribution in [0.15, 0.2) is 58.3 Å². The number of hydrogen-bond donors (Lipinski definition) is 0. The molecule has 0 aliphatic carbocycles. The molecule has 8 nitrogen and oxygen atoms in total. The molecule has 0 amide bonds. The first kappa shape index (κ1) is 21.4. The first-order valence-corrected chi connectivity index (χ1v) is 10.8. The van der Waals surface area contributed by atoms with E-state index in [-0.39, 0.29) is 6.54 Å². The van der Waals surface area contributed by atoms with Crippen LogP contribution in [-0.2, 0) is 13.6 Å². The van der Waals surface area contributed by atoms with Gasteiger partial charge in [0.2, 0.25) is 5.78 Å². The third-order valence-electron chi connectivity index (χ3n) is 5.66. The number of halogens is 2. The molecule has 0 atom stereocenters. The molecule has 0 bridgehead atoms. The van der Waals surface area contributed by atoms with E-state index < -0.39 is 11.2 Å². The van der Waals surface area contributed by atoms with Crippen LogP contribution in [0.2, 0.25) is 10.0 Å². The van der Waals surface area contributed by atoms with Gasteiger partial charge in [-0.25, -0.2) is 4.79 Å². The quantitative estimate of drug-likeness (QED) is 0.389. The molecular formula is C23H19Cl2N5O3. The van der Waals surface area contributed by atoms with Gasteiger partial charge in [-0.2, -0.15) is 4.98 Å². The maximum Gasteiger partial charge on any atom is 0.332 e. The highest BCUT2D eigenvalue weighted by atomic mass is 35.5. The number of aromatic nitrogens is 5. The van der Waals surface area contributed by atoms with Crippen molar-refractivity contribution in [3.05, 3.63) is 90.8 Å². The van der Waals surface area contributed by atoms with E-state index in [0.717, 1.165) is 11.3 Å². The largest absolute Gasteiger partial charge is 0.495 e. The zero-order valence-corrected chi connectivity index (χ0v) is 19.6. The molecule has 3 aromatic heterocycles. The minimum atomic E-state index is -0.452. The molecule has 3 heterocycles. The predicted octanol–water partition coefficient (Wildman–Crippen LogP) is 3.81. The van der Waals surface area contributed by atoms with Gasteiger partial charge in [0.25, 0.3) is 5.56 Å². The average molecular weight is 484 g/mol. The molecule has 0 spiro atoms. The first-order chi connectivity index (χ1) is 15.8. The second-order valence-corrected chi connectivity index (χ2v) is 8.61. The van der Waals surface area contributed by atoms with Crippen LogP contribution in [0.5, 0.6) is 5.75 Å². The number of hydrogen-bond acceptors (Lipinski definition) is 4. The number of aryl methyl sites for hydroxylation is 2. The molecule has 0 unspecified atom stereocenters. The molecule has 168 valence electrons. The van der Waals surface area contributed by atoms with Crippen molar-refractivity contribution in [1.82, 2.24) is 23.1 Å². The van der Waals surface area contributed by atoms with Gasteiger partial charge in [-0.1, -0.05) is 35.3 Å². The Bertz CT molecular complexity index is 1660. The molecule has 0 aliphatic rings. The monoisotopic (exact) mass is 483 g/mol. The molecule has 0 saturated carbocycles. The van der Waals surface area contributed by atoms with Crippen LogP contribution in [0.25, 0.3) is 22.6 Å². The lowest BCUT2D eigenvalue weighted by Crippen LogP contribution is -2.39. The minimum absolute atomic E-state index is 0.119. The second kappa shape index (κ2) is 7.83. The fraction of sp³-hybridized carbons (Fsp3) is 0.174. The second-order valence-electron chi connectivity index (χ2n) is 7.74. The summed E-state index contributed by atoms with van der Waals surface area (Å²) in [6, 6.07) is 12.3. The lowest BCUT2D eigenvalue weighted by atomic mass is 10.2. The number of fused-ring (bicyclic) bond motifs is 3. The highest BCUT2D eigenvalue weighted by molar-refractivity contribution is 6.31. The Morgan fingerprint density at radius 3 is 2.42 bits per heavy atom. The molecule has 0 N–H and O–H groups in total. The minimum Gasteiger partial charge on any atom is -0.495 e. The average Bonchev–Trinajstić information content (AvgIpc) is 3.31. The predicted molar refractivity (Wildman–Crippen MR) is 128 cm³/mol. The molecule has 10 heteroatoms. The van der Waals surface area contributed by atoms with E-state index in [9.17, 15) is 9.59 Å². The Balaban J connectivity index is 1.80. The van der Waals surface area contributed by atoms with Crippen molar-refractivity contribution in [3.63, 3.8) is 0 Å². The fourth-order valence-electron chi connectivity index (χ4n) is 4.06. The molecule has 5 rings (SSSR count). The summed E-state index contributed by atoms with van der Waals surface area (Å²) >= 11 is 12.2. The van der Waals surface area contributed by atoms with Crippen LogP contribution in [0.4, 0.5) is 0 Å². The van der Waals surface area contributed by atoms with E-state index in [2.05, 4.69) is 4.98 Å². The van der Waals surface area contributed by atoms with Crippen LogP contribution >= 0.6 is 23.2 Å². The zero-order valence-electron chi connectivity index (χ0n) is 18.0. The molecule has 0 aliphatic heterocycles. The summed E-state index contributed by atoms with van der Waals surface area (Å²) in [5.41, 5.74) is 2.01. The number of benzene rings is 2. The van der Waals surface area contributed by atoms with Gasteiger partial charge in [-0.3, -0.25) is 22.9 Å². The normalized spacial score (nSPS) is 11.5. The number of ether oxygens (including phenoxy) is 1. The summed E-state index contributed by atoms with van der Waals surface area (Å²) in [7, 11) is 3.18. The Hall–Kier alpha value is -3.49. The lowest BCUT2D eigenvalue weighted by molar-refractivity contribution is 0.413. The Kier molecular flexibility index (Phi) is 5.07. The highest BCUT2D eigenvalue weighted by Gasteiger charge is 2.22. The van der Waals surface area contributed by atoms with Crippen molar-refractivity contribution in [2.75, 3.05) is 7.11 Å². The van der Waals surface area contributed by atoms with Crippen LogP contribution in [0, 0.1) is 6.92 Å². The SMILES string of the molecule is COc1ccc(Cl)cc1-n1c(C)cn2c3c(=O)n(Cc4ccc(Cl)cc4)c(=O)n(C)c3nc12. The standard InChI is InChI=1S/C23H19Cl2N5O3/c1-13-11-28-19-20(26-22(28)30(13)17-10-16(25)8-9-18(17)33-3)27(2)23(32)29(21(19)31)12-14-4-6-15(24)7-5-14/h4-11H,12H2,1-3H3. The molecule has 0 fully saturated rings. The van der Waals surface area contributed by atoms with Gasteiger partial charge < -0.3 is 4.74 Å². The van der Waals surface area contributed by atoms with Gasteiger partial charge in [0.1, 0.15) is 5.75 Å². The van der Waals surface area contributed by atoms with Crippen molar-refractivity contribution in [1.29, 1.82) is 0 Å². The van der Waals surface area contributed by atoms with Gasteiger partial charge in [-0.15, -0.1) is 0 Å². The number of imidazole rings is 2.